The number of nitrogens with zero attached hydrogens (tertiary/aromatic N) is 1. The number of hydrogen-bond acceptors (Lipinski definition) is 3. The molecule has 84 valence electrons. The molecular formula is C12H7ClN2O2. The molecule has 2 heterocycles. The van der Waals surface area contributed by atoms with Crippen LogP contribution in [0.4, 0.5) is 0 Å². The number of halogens is 1. The highest BCUT2D eigenvalue weighted by Crippen LogP contribution is 2.32. The molecule has 0 saturated heterocycles. The molecule has 4 nitrogen and oxygen atoms in total. The Morgan fingerprint density at radius 1 is 1.29 bits per heavy atom. The Labute approximate surface area is 101 Å². The maximum atomic E-state index is 10.6. The van der Waals surface area contributed by atoms with E-state index in [2.05, 4.69) is 10.2 Å². The summed E-state index contributed by atoms with van der Waals surface area (Å²) < 4.78 is 5.38. The van der Waals surface area contributed by atoms with Gasteiger partial charge < -0.3 is 4.42 Å². The highest BCUT2D eigenvalue weighted by molar-refractivity contribution is 6.35. The van der Waals surface area contributed by atoms with E-state index in [1.807, 2.05) is 18.2 Å². The lowest BCUT2D eigenvalue weighted by atomic mass is 10.1. The lowest BCUT2D eigenvalue weighted by molar-refractivity contribution is 0.110. The molecule has 0 bridgehead atoms. The predicted octanol–water partition coefficient (Wildman–Crippen LogP) is 3.29. The molecule has 5 heteroatoms. The van der Waals surface area contributed by atoms with Crippen LogP contribution in [-0.4, -0.2) is 16.5 Å². The van der Waals surface area contributed by atoms with E-state index in [9.17, 15) is 4.79 Å². The largest absolute Gasteiger partial charge is 0.453 e. The van der Waals surface area contributed by atoms with Crippen molar-refractivity contribution in [1.82, 2.24) is 10.2 Å². The number of benzene rings is 1. The molecule has 0 amide bonds. The molecule has 0 saturated carbocycles. The summed E-state index contributed by atoms with van der Waals surface area (Å²) in [4.78, 5) is 10.6. The van der Waals surface area contributed by atoms with Gasteiger partial charge in [0.1, 0.15) is 10.9 Å². The van der Waals surface area contributed by atoms with E-state index in [-0.39, 0.29) is 5.76 Å². The monoisotopic (exact) mass is 246 g/mol. The first-order valence-electron chi connectivity index (χ1n) is 4.97. The number of carbonyl (C=O) groups is 1. The van der Waals surface area contributed by atoms with E-state index in [0.717, 1.165) is 16.5 Å². The van der Waals surface area contributed by atoms with Crippen molar-refractivity contribution in [2.75, 3.05) is 0 Å². The van der Waals surface area contributed by atoms with Gasteiger partial charge in [-0.3, -0.25) is 9.89 Å². The van der Waals surface area contributed by atoms with Crippen LogP contribution in [0.15, 0.2) is 34.7 Å². The van der Waals surface area contributed by atoms with Crippen LogP contribution >= 0.6 is 11.6 Å². The number of aromatic nitrogens is 2. The Balaban J connectivity index is 2.29. The number of aromatic amines is 1. The van der Waals surface area contributed by atoms with Crippen molar-refractivity contribution in [3.63, 3.8) is 0 Å². The average molecular weight is 247 g/mol. The summed E-state index contributed by atoms with van der Waals surface area (Å²) in [5.41, 5.74) is 1.57. The second-order valence-corrected chi connectivity index (χ2v) is 3.94. The van der Waals surface area contributed by atoms with Gasteiger partial charge in [0.2, 0.25) is 0 Å². The van der Waals surface area contributed by atoms with Crippen molar-refractivity contribution in [2.45, 2.75) is 0 Å². The van der Waals surface area contributed by atoms with Gasteiger partial charge in [-0.1, -0.05) is 23.7 Å². The molecule has 1 N–H and O–H groups in total. The topological polar surface area (TPSA) is 58.9 Å². The molecule has 17 heavy (non-hydrogen) atoms. The van der Waals surface area contributed by atoms with Gasteiger partial charge in [0.15, 0.2) is 12.0 Å². The van der Waals surface area contributed by atoms with Crippen molar-refractivity contribution >= 4 is 28.8 Å². The minimum absolute atomic E-state index is 0.289. The number of nitrogens with one attached hydrogen (secondary N) is 1. The standard InChI is InChI=1S/C12H7ClN2O2/c13-12-11-8(2-1-3-9(11)14-15-12)10-5-4-7(6-16)17-10/h1-6H,(H,14,15). The lowest BCUT2D eigenvalue weighted by Gasteiger charge is -1.98. The number of hydrogen-bond donors (Lipinski definition) is 1. The molecule has 0 radical (unpaired) electrons. The van der Waals surface area contributed by atoms with Gasteiger partial charge >= 0.3 is 0 Å². The van der Waals surface area contributed by atoms with Crippen molar-refractivity contribution in [2.24, 2.45) is 0 Å². The molecule has 0 aliphatic rings. The van der Waals surface area contributed by atoms with Crippen LogP contribution in [0, 0.1) is 0 Å². The fourth-order valence-corrected chi connectivity index (χ4v) is 2.04. The average Bonchev–Trinajstić information content (AvgIpc) is 2.96. The van der Waals surface area contributed by atoms with Crippen molar-refractivity contribution < 1.29 is 9.21 Å². The van der Waals surface area contributed by atoms with Crippen LogP contribution in [0.1, 0.15) is 10.6 Å². The van der Waals surface area contributed by atoms with Gasteiger partial charge in [0, 0.05) is 10.9 Å². The maximum absolute atomic E-state index is 10.6. The maximum Gasteiger partial charge on any atom is 0.185 e. The Morgan fingerprint density at radius 2 is 2.18 bits per heavy atom. The predicted molar refractivity (Wildman–Crippen MR) is 64.2 cm³/mol. The smallest absolute Gasteiger partial charge is 0.185 e. The summed E-state index contributed by atoms with van der Waals surface area (Å²) >= 11 is 6.04. The fourth-order valence-electron chi connectivity index (χ4n) is 1.80. The van der Waals surface area contributed by atoms with Crippen molar-refractivity contribution in [3.8, 4) is 11.3 Å². The first-order valence-corrected chi connectivity index (χ1v) is 5.35. The number of furan rings is 1. The first kappa shape index (κ1) is 10.1. The Hall–Kier alpha value is -2.07. The van der Waals surface area contributed by atoms with Crippen LogP contribution in [0.5, 0.6) is 0 Å². The lowest BCUT2D eigenvalue weighted by Crippen LogP contribution is -1.76. The molecule has 0 spiro atoms. The van der Waals surface area contributed by atoms with E-state index in [4.69, 9.17) is 16.0 Å². The molecule has 0 fully saturated rings. The summed E-state index contributed by atoms with van der Waals surface area (Å²) in [6.45, 7) is 0. The van der Waals surface area contributed by atoms with E-state index in [1.54, 1.807) is 12.1 Å². The number of carbonyl (C=O) groups excluding carboxylic acids is 1. The van der Waals surface area contributed by atoms with Gasteiger partial charge in [-0.2, -0.15) is 5.10 Å². The van der Waals surface area contributed by atoms with Crippen molar-refractivity contribution in [3.05, 3.63) is 41.2 Å². The Morgan fingerprint density at radius 3 is 2.94 bits per heavy atom. The van der Waals surface area contributed by atoms with Gasteiger partial charge in [0.25, 0.3) is 0 Å². The second-order valence-electron chi connectivity index (χ2n) is 3.56. The zero-order chi connectivity index (χ0) is 11.8. The first-order chi connectivity index (χ1) is 8.29. The highest BCUT2D eigenvalue weighted by atomic mass is 35.5. The van der Waals surface area contributed by atoms with Crippen LogP contribution in [-0.2, 0) is 0 Å². The highest BCUT2D eigenvalue weighted by Gasteiger charge is 2.12. The molecular weight excluding hydrogens is 240 g/mol. The molecule has 0 aliphatic carbocycles. The zero-order valence-corrected chi connectivity index (χ0v) is 9.36. The normalized spacial score (nSPS) is 10.9. The quantitative estimate of drug-likeness (QED) is 0.706. The molecule has 0 atom stereocenters. The summed E-state index contributed by atoms with van der Waals surface area (Å²) in [6, 6.07) is 8.94. The second kappa shape index (κ2) is 3.75. The van der Waals surface area contributed by atoms with Crippen LogP contribution in [0.25, 0.3) is 22.2 Å². The van der Waals surface area contributed by atoms with Gasteiger partial charge in [0.05, 0.1) is 5.52 Å². The summed E-state index contributed by atoms with van der Waals surface area (Å²) in [5.74, 6) is 0.887. The Bertz CT molecular complexity index is 699. The van der Waals surface area contributed by atoms with E-state index in [1.165, 1.54) is 0 Å². The zero-order valence-electron chi connectivity index (χ0n) is 8.61. The molecule has 0 aliphatic heterocycles. The van der Waals surface area contributed by atoms with E-state index < -0.39 is 0 Å². The van der Waals surface area contributed by atoms with Crippen LogP contribution in [0.2, 0.25) is 5.15 Å². The number of H-pyrrole nitrogens is 1. The van der Waals surface area contributed by atoms with Crippen LogP contribution < -0.4 is 0 Å². The number of rotatable bonds is 2. The molecule has 3 rings (SSSR count). The third-order valence-corrected chi connectivity index (χ3v) is 2.82. The minimum atomic E-state index is 0.289. The number of aldehydes is 1. The van der Waals surface area contributed by atoms with Gasteiger partial charge in [-0.15, -0.1) is 0 Å². The van der Waals surface area contributed by atoms with Gasteiger partial charge in [-0.25, -0.2) is 0 Å². The fraction of sp³-hybridized carbons (Fsp3) is 0. The van der Waals surface area contributed by atoms with Crippen molar-refractivity contribution in [1.29, 1.82) is 0 Å². The summed E-state index contributed by atoms with van der Waals surface area (Å²) in [7, 11) is 0. The van der Waals surface area contributed by atoms with E-state index >= 15 is 0 Å². The third kappa shape index (κ3) is 1.54. The molecule has 1 aromatic carbocycles. The minimum Gasteiger partial charge on any atom is -0.453 e. The molecule has 2 aromatic heterocycles. The van der Waals surface area contributed by atoms with E-state index in [0.29, 0.717) is 17.2 Å². The van der Waals surface area contributed by atoms with Crippen LogP contribution in [0.3, 0.4) is 0 Å². The third-order valence-electron chi connectivity index (χ3n) is 2.54. The SMILES string of the molecule is O=Cc1ccc(-c2cccc3n[nH]c(Cl)c23)o1. The van der Waals surface area contributed by atoms with Gasteiger partial charge in [-0.05, 0) is 18.2 Å². The summed E-state index contributed by atoms with van der Waals surface area (Å²) in [6.07, 6.45) is 0.667. The molecule has 0 unspecified atom stereocenters. The summed E-state index contributed by atoms with van der Waals surface area (Å²) in [5, 5.41) is 8.03. The Kier molecular flexibility index (Phi) is 2.23. The number of fused-ring (bicyclic) bond motifs is 1. The molecule has 3 aromatic rings.